The van der Waals surface area contributed by atoms with Crippen LogP contribution in [0.1, 0.15) is 25.8 Å². The molecule has 20 heavy (non-hydrogen) atoms. The number of carbonyl (C=O) groups is 1. The number of rotatable bonds is 8. The molecule has 0 saturated carbocycles. The number of primary amides is 1. The summed E-state index contributed by atoms with van der Waals surface area (Å²) in [6.45, 7) is 3.80. The third-order valence-corrected chi connectivity index (χ3v) is 3.45. The number of carbonyl (C=O) groups excluding carboxylic acids is 1. The van der Waals surface area contributed by atoms with E-state index in [-0.39, 0.29) is 12.7 Å². The number of ether oxygens (including phenoxy) is 1. The van der Waals surface area contributed by atoms with E-state index in [0.29, 0.717) is 12.8 Å². The Balaban J connectivity index is 2.61. The summed E-state index contributed by atoms with van der Waals surface area (Å²) in [6, 6.07) is 7.57. The quantitative estimate of drug-likeness (QED) is 0.659. The lowest BCUT2D eigenvalue weighted by Crippen LogP contribution is -2.53. The van der Waals surface area contributed by atoms with Gasteiger partial charge in [0.25, 0.3) is 0 Å². The molecule has 0 radical (unpaired) electrons. The highest BCUT2D eigenvalue weighted by Crippen LogP contribution is 2.19. The molecule has 5 nitrogen and oxygen atoms in total. The van der Waals surface area contributed by atoms with Gasteiger partial charge >= 0.3 is 0 Å². The van der Waals surface area contributed by atoms with Gasteiger partial charge in [-0.1, -0.05) is 12.1 Å². The van der Waals surface area contributed by atoms with Crippen LogP contribution in [0.15, 0.2) is 24.3 Å². The standard InChI is InChI=1S/C15H24N2O3/c1-11(10-15(2,17-3)14(16)19)20-13-6-4-12(5-7-13)8-9-18/h4-7,11,17-18H,8-10H2,1-3H3,(H2,16,19). The lowest BCUT2D eigenvalue weighted by Gasteiger charge is -2.28. The second-order valence-electron chi connectivity index (χ2n) is 5.20. The van der Waals surface area contributed by atoms with Crippen LogP contribution in [0.5, 0.6) is 5.75 Å². The van der Waals surface area contributed by atoms with Crippen LogP contribution in [-0.4, -0.2) is 36.3 Å². The van der Waals surface area contributed by atoms with Crippen LogP contribution < -0.4 is 15.8 Å². The average Bonchev–Trinajstić information content (AvgIpc) is 2.40. The van der Waals surface area contributed by atoms with E-state index in [2.05, 4.69) is 5.32 Å². The number of benzene rings is 1. The SMILES string of the molecule is CNC(C)(CC(C)Oc1ccc(CCO)cc1)C(N)=O. The van der Waals surface area contributed by atoms with Crippen molar-refractivity contribution in [3.63, 3.8) is 0 Å². The van der Waals surface area contributed by atoms with Crippen molar-refractivity contribution in [3.8, 4) is 5.75 Å². The van der Waals surface area contributed by atoms with E-state index in [4.69, 9.17) is 15.6 Å². The molecule has 0 aliphatic carbocycles. The molecule has 0 bridgehead atoms. The number of aliphatic hydroxyl groups excluding tert-OH is 1. The molecule has 1 aromatic carbocycles. The van der Waals surface area contributed by atoms with Gasteiger partial charge in [-0.2, -0.15) is 0 Å². The van der Waals surface area contributed by atoms with Crippen molar-refractivity contribution < 1.29 is 14.6 Å². The first-order valence-corrected chi connectivity index (χ1v) is 6.76. The van der Waals surface area contributed by atoms with Gasteiger partial charge in [-0.25, -0.2) is 0 Å². The van der Waals surface area contributed by atoms with Crippen LogP contribution in [-0.2, 0) is 11.2 Å². The van der Waals surface area contributed by atoms with Crippen molar-refractivity contribution in [3.05, 3.63) is 29.8 Å². The summed E-state index contributed by atoms with van der Waals surface area (Å²) in [5.74, 6) is 0.343. The molecule has 2 atom stereocenters. The van der Waals surface area contributed by atoms with Gasteiger partial charge in [-0.05, 0) is 45.0 Å². The molecular formula is C15H24N2O3. The number of nitrogens with one attached hydrogen (secondary N) is 1. The van der Waals surface area contributed by atoms with Gasteiger partial charge in [-0.3, -0.25) is 4.79 Å². The summed E-state index contributed by atoms with van der Waals surface area (Å²) < 4.78 is 5.78. The molecular weight excluding hydrogens is 256 g/mol. The van der Waals surface area contributed by atoms with E-state index < -0.39 is 11.4 Å². The Hall–Kier alpha value is -1.59. The summed E-state index contributed by atoms with van der Waals surface area (Å²) in [5.41, 5.74) is 5.67. The molecule has 0 spiro atoms. The molecule has 2 unspecified atom stereocenters. The maximum absolute atomic E-state index is 11.4. The first-order chi connectivity index (χ1) is 9.41. The number of hydrogen-bond acceptors (Lipinski definition) is 4. The molecule has 4 N–H and O–H groups in total. The van der Waals surface area contributed by atoms with Crippen LogP contribution >= 0.6 is 0 Å². The molecule has 0 saturated heterocycles. The fourth-order valence-corrected chi connectivity index (χ4v) is 2.04. The highest BCUT2D eigenvalue weighted by Gasteiger charge is 2.31. The van der Waals surface area contributed by atoms with Crippen LogP contribution in [0, 0.1) is 0 Å². The van der Waals surface area contributed by atoms with Gasteiger partial charge in [0.15, 0.2) is 0 Å². The van der Waals surface area contributed by atoms with E-state index >= 15 is 0 Å². The van der Waals surface area contributed by atoms with Crippen molar-refractivity contribution in [2.75, 3.05) is 13.7 Å². The third kappa shape index (κ3) is 4.51. The number of nitrogens with two attached hydrogens (primary N) is 1. The van der Waals surface area contributed by atoms with Gasteiger partial charge in [0.1, 0.15) is 5.75 Å². The zero-order valence-corrected chi connectivity index (χ0v) is 12.3. The predicted molar refractivity (Wildman–Crippen MR) is 78.6 cm³/mol. The molecule has 1 rings (SSSR count). The lowest BCUT2D eigenvalue weighted by atomic mass is 9.94. The van der Waals surface area contributed by atoms with Gasteiger partial charge in [-0.15, -0.1) is 0 Å². The lowest BCUT2D eigenvalue weighted by molar-refractivity contribution is -0.124. The fraction of sp³-hybridized carbons (Fsp3) is 0.533. The highest BCUT2D eigenvalue weighted by atomic mass is 16.5. The summed E-state index contributed by atoms with van der Waals surface area (Å²) in [6.07, 6.45) is 0.968. The van der Waals surface area contributed by atoms with Crippen molar-refractivity contribution in [1.82, 2.24) is 5.32 Å². The number of hydrogen-bond donors (Lipinski definition) is 3. The number of aliphatic hydroxyl groups is 1. The number of amides is 1. The second kappa shape index (κ2) is 7.26. The topological polar surface area (TPSA) is 84.6 Å². The van der Waals surface area contributed by atoms with Gasteiger partial charge in [0.2, 0.25) is 5.91 Å². The van der Waals surface area contributed by atoms with E-state index in [1.165, 1.54) is 0 Å². The fourth-order valence-electron chi connectivity index (χ4n) is 2.04. The molecule has 0 aliphatic heterocycles. The third-order valence-electron chi connectivity index (χ3n) is 3.45. The normalized spacial score (nSPS) is 15.4. The van der Waals surface area contributed by atoms with Crippen molar-refractivity contribution in [2.24, 2.45) is 5.73 Å². The Morgan fingerprint density at radius 3 is 2.50 bits per heavy atom. The summed E-state index contributed by atoms with van der Waals surface area (Å²) in [7, 11) is 1.71. The molecule has 112 valence electrons. The second-order valence-corrected chi connectivity index (χ2v) is 5.20. The molecule has 0 fully saturated rings. The summed E-state index contributed by atoms with van der Waals surface area (Å²) >= 11 is 0. The number of likely N-dealkylation sites (N-methyl/N-ethyl adjacent to an activating group) is 1. The average molecular weight is 280 g/mol. The van der Waals surface area contributed by atoms with Crippen molar-refractivity contribution in [2.45, 2.75) is 38.3 Å². The van der Waals surface area contributed by atoms with Crippen molar-refractivity contribution in [1.29, 1.82) is 0 Å². The molecule has 1 aromatic rings. The highest BCUT2D eigenvalue weighted by molar-refractivity contribution is 5.84. The van der Waals surface area contributed by atoms with Gasteiger partial charge < -0.3 is 20.9 Å². The van der Waals surface area contributed by atoms with Gasteiger partial charge in [0.05, 0.1) is 11.6 Å². The zero-order chi connectivity index (χ0) is 15.2. The Kier molecular flexibility index (Phi) is 5.98. The van der Waals surface area contributed by atoms with Crippen LogP contribution in [0.25, 0.3) is 0 Å². The van der Waals surface area contributed by atoms with Gasteiger partial charge in [0, 0.05) is 13.0 Å². The Bertz CT molecular complexity index is 433. The maximum Gasteiger partial charge on any atom is 0.237 e. The van der Waals surface area contributed by atoms with E-state index in [0.717, 1.165) is 11.3 Å². The molecule has 0 aromatic heterocycles. The Labute approximate surface area is 120 Å². The molecule has 0 heterocycles. The van der Waals surface area contributed by atoms with Crippen LogP contribution in [0.3, 0.4) is 0 Å². The Morgan fingerprint density at radius 1 is 1.45 bits per heavy atom. The molecule has 1 amide bonds. The molecule has 0 aliphatic rings. The largest absolute Gasteiger partial charge is 0.491 e. The Morgan fingerprint density at radius 2 is 2.05 bits per heavy atom. The van der Waals surface area contributed by atoms with Crippen molar-refractivity contribution >= 4 is 5.91 Å². The zero-order valence-electron chi connectivity index (χ0n) is 12.3. The smallest absolute Gasteiger partial charge is 0.237 e. The first kappa shape index (κ1) is 16.5. The first-order valence-electron chi connectivity index (χ1n) is 6.76. The minimum absolute atomic E-state index is 0.135. The minimum atomic E-state index is -0.782. The summed E-state index contributed by atoms with van der Waals surface area (Å²) in [5, 5.41) is 11.8. The monoisotopic (exact) mass is 280 g/mol. The van der Waals surface area contributed by atoms with Crippen LogP contribution in [0.4, 0.5) is 0 Å². The predicted octanol–water partition coefficient (Wildman–Crippen LogP) is 0.842. The molecule has 5 heteroatoms. The maximum atomic E-state index is 11.4. The van der Waals surface area contributed by atoms with E-state index in [1.807, 2.05) is 31.2 Å². The minimum Gasteiger partial charge on any atom is -0.491 e. The van der Waals surface area contributed by atoms with E-state index in [9.17, 15) is 4.79 Å². The van der Waals surface area contributed by atoms with Crippen LogP contribution in [0.2, 0.25) is 0 Å². The van der Waals surface area contributed by atoms with E-state index in [1.54, 1.807) is 14.0 Å². The summed E-state index contributed by atoms with van der Waals surface area (Å²) in [4.78, 5) is 11.4.